The van der Waals surface area contributed by atoms with E-state index in [1.165, 1.54) is 0 Å². The molecular weight excluding hydrogens is 366 g/mol. The Hall–Kier alpha value is -2.19. The first-order valence-corrected chi connectivity index (χ1v) is 11.0. The van der Waals surface area contributed by atoms with Gasteiger partial charge in [0, 0.05) is 49.6 Å². The van der Waals surface area contributed by atoms with Gasteiger partial charge >= 0.3 is 0 Å². The normalized spacial score (nSPS) is 14.6. The van der Waals surface area contributed by atoms with Gasteiger partial charge in [0.1, 0.15) is 11.5 Å². The molecular formula is C19H25N3O4S. The summed E-state index contributed by atoms with van der Waals surface area (Å²) >= 11 is 0. The molecule has 27 heavy (non-hydrogen) atoms. The second kappa shape index (κ2) is 8.22. The van der Waals surface area contributed by atoms with Crippen LogP contribution in [0.25, 0.3) is 0 Å². The Labute approximate surface area is 160 Å². The highest BCUT2D eigenvalue weighted by Gasteiger charge is 2.22. The van der Waals surface area contributed by atoms with E-state index in [1.54, 1.807) is 6.20 Å². The van der Waals surface area contributed by atoms with E-state index < -0.39 is 9.84 Å². The quantitative estimate of drug-likeness (QED) is 0.670. The van der Waals surface area contributed by atoms with Crippen LogP contribution in [0.5, 0.6) is 11.5 Å². The van der Waals surface area contributed by atoms with Crippen molar-refractivity contribution in [3.63, 3.8) is 0 Å². The molecule has 0 saturated carbocycles. The molecule has 2 heterocycles. The fourth-order valence-corrected chi connectivity index (χ4v) is 3.66. The van der Waals surface area contributed by atoms with Crippen molar-refractivity contribution in [2.75, 3.05) is 26.0 Å². The van der Waals surface area contributed by atoms with E-state index in [0.29, 0.717) is 32.7 Å². The molecule has 7 nitrogen and oxygen atoms in total. The predicted molar refractivity (Wildman–Crippen MR) is 102 cm³/mol. The second-order valence-corrected chi connectivity index (χ2v) is 8.40. The summed E-state index contributed by atoms with van der Waals surface area (Å²) in [6, 6.07) is 5.89. The molecule has 1 aliphatic rings. The molecule has 0 bridgehead atoms. The molecule has 0 atom stereocenters. The van der Waals surface area contributed by atoms with Crippen molar-refractivity contribution >= 4 is 9.84 Å². The lowest BCUT2D eigenvalue weighted by molar-refractivity contribution is 0.235. The van der Waals surface area contributed by atoms with Crippen molar-refractivity contribution in [2.24, 2.45) is 0 Å². The van der Waals surface area contributed by atoms with Gasteiger partial charge in [-0.1, -0.05) is 0 Å². The lowest BCUT2D eigenvalue weighted by atomic mass is 10.1. The van der Waals surface area contributed by atoms with Crippen molar-refractivity contribution in [1.82, 2.24) is 14.9 Å². The zero-order chi connectivity index (χ0) is 19.4. The van der Waals surface area contributed by atoms with Crippen molar-refractivity contribution in [2.45, 2.75) is 38.5 Å². The van der Waals surface area contributed by atoms with Crippen molar-refractivity contribution in [3.05, 3.63) is 41.2 Å². The highest BCUT2D eigenvalue weighted by molar-refractivity contribution is 7.90. The van der Waals surface area contributed by atoms with Crippen LogP contribution in [-0.4, -0.2) is 49.3 Å². The smallest absolute Gasteiger partial charge is 0.246 e. The standard InChI is InChI=1S/C19H25N3O4S/c1-4-25-16-6-7-18(26-5-2)14(10-16)12-22-9-8-17-15(13-22)11-20-19(21-17)27(3,23)24/h6-7,10-11H,4-5,8-9,12-13H2,1-3H3. The molecule has 2 aromatic rings. The Morgan fingerprint density at radius 3 is 2.67 bits per heavy atom. The number of benzene rings is 1. The largest absolute Gasteiger partial charge is 0.494 e. The molecule has 1 aromatic heterocycles. The van der Waals surface area contributed by atoms with E-state index >= 15 is 0 Å². The van der Waals surface area contributed by atoms with Crippen LogP contribution >= 0.6 is 0 Å². The Kier molecular flexibility index (Phi) is 5.96. The summed E-state index contributed by atoms with van der Waals surface area (Å²) < 4.78 is 34.7. The molecule has 8 heteroatoms. The highest BCUT2D eigenvalue weighted by Crippen LogP contribution is 2.28. The molecule has 0 spiro atoms. The number of nitrogens with zero attached hydrogens (tertiary/aromatic N) is 3. The number of rotatable bonds is 7. The molecule has 0 fully saturated rings. The highest BCUT2D eigenvalue weighted by atomic mass is 32.2. The van der Waals surface area contributed by atoms with Crippen LogP contribution in [0.2, 0.25) is 0 Å². The van der Waals surface area contributed by atoms with Crippen LogP contribution in [0.4, 0.5) is 0 Å². The number of aromatic nitrogens is 2. The summed E-state index contributed by atoms with van der Waals surface area (Å²) in [5.41, 5.74) is 2.85. The minimum absolute atomic E-state index is 0.0993. The first-order chi connectivity index (χ1) is 12.9. The summed E-state index contributed by atoms with van der Waals surface area (Å²) in [6.07, 6.45) is 3.45. The first-order valence-electron chi connectivity index (χ1n) is 9.06. The zero-order valence-corrected chi connectivity index (χ0v) is 16.8. The summed E-state index contributed by atoms with van der Waals surface area (Å²) in [5.74, 6) is 1.69. The molecule has 1 aliphatic heterocycles. The van der Waals surface area contributed by atoms with E-state index in [4.69, 9.17) is 9.47 Å². The number of ether oxygens (including phenoxy) is 2. The van der Waals surface area contributed by atoms with E-state index in [1.807, 2.05) is 32.0 Å². The van der Waals surface area contributed by atoms with Crippen molar-refractivity contribution < 1.29 is 17.9 Å². The van der Waals surface area contributed by atoms with Crippen LogP contribution < -0.4 is 9.47 Å². The van der Waals surface area contributed by atoms with E-state index in [2.05, 4.69) is 14.9 Å². The molecule has 0 radical (unpaired) electrons. The second-order valence-electron chi connectivity index (χ2n) is 6.49. The van der Waals surface area contributed by atoms with Gasteiger partial charge < -0.3 is 9.47 Å². The minimum Gasteiger partial charge on any atom is -0.494 e. The third-order valence-corrected chi connectivity index (χ3v) is 5.22. The zero-order valence-electron chi connectivity index (χ0n) is 15.9. The van der Waals surface area contributed by atoms with Gasteiger partial charge in [0.2, 0.25) is 15.0 Å². The van der Waals surface area contributed by atoms with Gasteiger partial charge in [0.25, 0.3) is 0 Å². The fourth-order valence-electron chi connectivity index (χ4n) is 3.14. The SMILES string of the molecule is CCOc1ccc(OCC)c(CN2CCc3nc(S(C)(=O)=O)ncc3C2)c1. The Morgan fingerprint density at radius 2 is 1.96 bits per heavy atom. The molecule has 0 N–H and O–H groups in total. The number of fused-ring (bicyclic) bond motifs is 1. The molecule has 0 aliphatic carbocycles. The molecule has 1 aromatic carbocycles. The lowest BCUT2D eigenvalue weighted by Gasteiger charge is -2.28. The monoisotopic (exact) mass is 391 g/mol. The van der Waals surface area contributed by atoms with Gasteiger partial charge in [-0.05, 0) is 32.0 Å². The Balaban J connectivity index is 1.79. The van der Waals surface area contributed by atoms with Crippen molar-refractivity contribution in [1.29, 1.82) is 0 Å². The van der Waals surface area contributed by atoms with Crippen LogP contribution in [-0.2, 0) is 29.3 Å². The maximum atomic E-state index is 11.6. The van der Waals surface area contributed by atoms with Gasteiger partial charge in [-0.15, -0.1) is 0 Å². The van der Waals surface area contributed by atoms with Crippen LogP contribution in [0.1, 0.15) is 30.7 Å². The topological polar surface area (TPSA) is 81.6 Å². The van der Waals surface area contributed by atoms with Gasteiger partial charge in [0.15, 0.2) is 0 Å². The van der Waals surface area contributed by atoms with E-state index in [9.17, 15) is 8.42 Å². The molecule has 146 valence electrons. The lowest BCUT2D eigenvalue weighted by Crippen LogP contribution is -2.31. The third-order valence-electron chi connectivity index (χ3n) is 4.36. The summed E-state index contributed by atoms with van der Waals surface area (Å²) in [5, 5.41) is -0.0993. The summed E-state index contributed by atoms with van der Waals surface area (Å²) in [4.78, 5) is 10.5. The number of hydrogen-bond donors (Lipinski definition) is 0. The van der Waals surface area contributed by atoms with E-state index in [0.717, 1.165) is 41.1 Å². The van der Waals surface area contributed by atoms with Crippen LogP contribution in [0, 0.1) is 0 Å². The summed E-state index contributed by atoms with van der Waals surface area (Å²) in [6.45, 7) is 7.32. The first kappa shape index (κ1) is 19.6. The van der Waals surface area contributed by atoms with Crippen molar-refractivity contribution in [3.8, 4) is 11.5 Å². The van der Waals surface area contributed by atoms with Crippen LogP contribution in [0.3, 0.4) is 0 Å². The molecule has 0 saturated heterocycles. The van der Waals surface area contributed by atoms with E-state index in [-0.39, 0.29) is 5.16 Å². The number of hydrogen-bond acceptors (Lipinski definition) is 7. The molecule has 0 unspecified atom stereocenters. The average molecular weight is 391 g/mol. The number of sulfone groups is 1. The Morgan fingerprint density at radius 1 is 1.19 bits per heavy atom. The Bertz CT molecular complexity index is 915. The fraction of sp³-hybridized carbons (Fsp3) is 0.474. The predicted octanol–water partition coefficient (Wildman–Crippen LogP) is 2.24. The maximum absolute atomic E-state index is 11.6. The van der Waals surface area contributed by atoms with Crippen LogP contribution in [0.15, 0.2) is 29.6 Å². The average Bonchev–Trinajstić information content (AvgIpc) is 2.63. The maximum Gasteiger partial charge on any atom is 0.246 e. The summed E-state index contributed by atoms with van der Waals surface area (Å²) in [7, 11) is -3.39. The van der Waals surface area contributed by atoms with Gasteiger partial charge in [-0.3, -0.25) is 4.90 Å². The van der Waals surface area contributed by atoms with Gasteiger partial charge in [0.05, 0.1) is 18.9 Å². The van der Waals surface area contributed by atoms with Gasteiger partial charge in [-0.25, -0.2) is 18.4 Å². The minimum atomic E-state index is -3.39. The molecule has 0 amide bonds. The third kappa shape index (κ3) is 4.75. The van der Waals surface area contributed by atoms with Gasteiger partial charge in [-0.2, -0.15) is 0 Å². The molecule has 3 rings (SSSR count).